The number of carbonyl (C=O) groups excluding carboxylic acids is 1. The van der Waals surface area contributed by atoms with Crippen molar-refractivity contribution in [3.8, 4) is 0 Å². The molecule has 0 saturated carbocycles. The van der Waals surface area contributed by atoms with E-state index in [0.29, 0.717) is 6.54 Å². The highest BCUT2D eigenvalue weighted by atomic mass is 16.2. The van der Waals surface area contributed by atoms with Crippen LogP contribution in [0, 0.1) is 13.8 Å². The Hall–Kier alpha value is -1.32. The van der Waals surface area contributed by atoms with E-state index in [0.717, 1.165) is 17.8 Å². The molecule has 4 heteroatoms. The van der Waals surface area contributed by atoms with Crippen LogP contribution in [0.3, 0.4) is 0 Å². The van der Waals surface area contributed by atoms with Crippen LogP contribution in [0.2, 0.25) is 0 Å². The molecule has 0 saturated heterocycles. The lowest BCUT2D eigenvalue weighted by Gasteiger charge is -2.11. The molecule has 1 amide bonds. The standard InChI is InChI=1S/C11H19N3O/c1-5-8(2)12-11(15)7-14-10(4)6-9(3)13-14/h6,8H,5,7H2,1-4H3,(H,12,15)/t8-/m1/s1. The number of rotatable bonds is 4. The second kappa shape index (κ2) is 4.96. The van der Waals surface area contributed by atoms with Gasteiger partial charge in [-0.3, -0.25) is 9.48 Å². The van der Waals surface area contributed by atoms with Crippen LogP contribution >= 0.6 is 0 Å². The lowest BCUT2D eigenvalue weighted by Crippen LogP contribution is -2.35. The zero-order valence-corrected chi connectivity index (χ0v) is 9.87. The molecule has 1 rings (SSSR count). The normalized spacial score (nSPS) is 12.5. The zero-order valence-electron chi connectivity index (χ0n) is 9.87. The highest BCUT2D eigenvalue weighted by Crippen LogP contribution is 2.01. The number of carbonyl (C=O) groups is 1. The summed E-state index contributed by atoms with van der Waals surface area (Å²) in [5.74, 6) is 0.0237. The molecule has 1 heterocycles. The molecule has 0 spiro atoms. The van der Waals surface area contributed by atoms with Gasteiger partial charge in [-0.25, -0.2) is 0 Å². The Labute approximate surface area is 90.7 Å². The molecule has 0 aliphatic rings. The Kier molecular flexibility index (Phi) is 3.88. The Morgan fingerprint density at radius 1 is 1.60 bits per heavy atom. The first-order valence-electron chi connectivity index (χ1n) is 5.33. The van der Waals surface area contributed by atoms with Crippen LogP contribution < -0.4 is 5.32 Å². The SMILES string of the molecule is CC[C@@H](C)NC(=O)Cn1nc(C)cc1C. The van der Waals surface area contributed by atoms with Crippen molar-refractivity contribution in [3.63, 3.8) is 0 Å². The van der Waals surface area contributed by atoms with Crippen molar-refractivity contribution in [1.82, 2.24) is 15.1 Å². The maximum absolute atomic E-state index is 11.6. The van der Waals surface area contributed by atoms with Gasteiger partial charge in [0.05, 0.1) is 5.69 Å². The maximum atomic E-state index is 11.6. The average Bonchev–Trinajstić information content (AvgIpc) is 2.44. The largest absolute Gasteiger partial charge is 0.352 e. The van der Waals surface area contributed by atoms with E-state index in [4.69, 9.17) is 0 Å². The zero-order chi connectivity index (χ0) is 11.4. The second-order valence-corrected chi connectivity index (χ2v) is 3.96. The first-order chi connectivity index (χ1) is 7.02. The fourth-order valence-corrected chi connectivity index (χ4v) is 1.39. The predicted molar refractivity (Wildman–Crippen MR) is 59.6 cm³/mol. The van der Waals surface area contributed by atoms with Gasteiger partial charge in [-0.15, -0.1) is 0 Å². The fraction of sp³-hybridized carbons (Fsp3) is 0.636. The molecule has 84 valence electrons. The summed E-state index contributed by atoms with van der Waals surface area (Å²) in [6.07, 6.45) is 0.947. The molecule has 0 aromatic carbocycles. The van der Waals surface area contributed by atoms with Crippen LogP contribution in [-0.4, -0.2) is 21.7 Å². The molecule has 0 unspecified atom stereocenters. The van der Waals surface area contributed by atoms with Gasteiger partial charge >= 0.3 is 0 Å². The minimum Gasteiger partial charge on any atom is -0.352 e. The van der Waals surface area contributed by atoms with Crippen LogP contribution in [0.1, 0.15) is 31.7 Å². The summed E-state index contributed by atoms with van der Waals surface area (Å²) >= 11 is 0. The van der Waals surface area contributed by atoms with Gasteiger partial charge in [-0.05, 0) is 33.3 Å². The van der Waals surface area contributed by atoms with Crippen molar-refractivity contribution in [2.45, 2.75) is 46.7 Å². The number of amides is 1. The monoisotopic (exact) mass is 209 g/mol. The summed E-state index contributed by atoms with van der Waals surface area (Å²) in [5, 5.41) is 7.15. The first-order valence-corrected chi connectivity index (χ1v) is 5.33. The lowest BCUT2D eigenvalue weighted by molar-refractivity contribution is -0.122. The maximum Gasteiger partial charge on any atom is 0.241 e. The van der Waals surface area contributed by atoms with E-state index in [1.807, 2.05) is 33.8 Å². The van der Waals surface area contributed by atoms with Crippen LogP contribution in [0.25, 0.3) is 0 Å². The van der Waals surface area contributed by atoms with Crippen molar-refractivity contribution in [1.29, 1.82) is 0 Å². The molecule has 15 heavy (non-hydrogen) atoms. The van der Waals surface area contributed by atoms with Gasteiger partial charge in [0, 0.05) is 11.7 Å². The van der Waals surface area contributed by atoms with Crippen LogP contribution in [-0.2, 0) is 11.3 Å². The molecule has 4 nitrogen and oxygen atoms in total. The summed E-state index contributed by atoms with van der Waals surface area (Å²) in [7, 11) is 0. The lowest BCUT2D eigenvalue weighted by atomic mass is 10.2. The molecule has 1 aromatic heterocycles. The van der Waals surface area contributed by atoms with Crippen LogP contribution in [0.15, 0.2) is 6.07 Å². The van der Waals surface area contributed by atoms with E-state index in [2.05, 4.69) is 10.4 Å². The fourth-order valence-electron chi connectivity index (χ4n) is 1.39. The van der Waals surface area contributed by atoms with Gasteiger partial charge in [0.2, 0.25) is 5.91 Å². The molecular weight excluding hydrogens is 190 g/mol. The highest BCUT2D eigenvalue weighted by Gasteiger charge is 2.08. The summed E-state index contributed by atoms with van der Waals surface area (Å²) in [5.41, 5.74) is 1.97. The third-order valence-electron chi connectivity index (χ3n) is 2.42. The van der Waals surface area contributed by atoms with E-state index < -0.39 is 0 Å². The molecule has 1 aromatic rings. The van der Waals surface area contributed by atoms with Crippen molar-refractivity contribution in [2.24, 2.45) is 0 Å². The van der Waals surface area contributed by atoms with Gasteiger partial charge in [-0.1, -0.05) is 6.92 Å². The third-order valence-corrected chi connectivity index (χ3v) is 2.42. The molecule has 0 radical (unpaired) electrons. The molecule has 0 bridgehead atoms. The van der Waals surface area contributed by atoms with E-state index in [-0.39, 0.29) is 11.9 Å². The number of hydrogen-bond acceptors (Lipinski definition) is 2. The van der Waals surface area contributed by atoms with Crippen LogP contribution in [0.5, 0.6) is 0 Å². The number of nitrogens with one attached hydrogen (secondary N) is 1. The van der Waals surface area contributed by atoms with Gasteiger partial charge in [0.1, 0.15) is 6.54 Å². The molecule has 0 fully saturated rings. The average molecular weight is 209 g/mol. The minimum absolute atomic E-state index is 0.0237. The predicted octanol–water partition coefficient (Wildman–Crippen LogP) is 1.41. The molecule has 0 aliphatic heterocycles. The van der Waals surface area contributed by atoms with Gasteiger partial charge < -0.3 is 5.32 Å². The van der Waals surface area contributed by atoms with Crippen molar-refractivity contribution >= 4 is 5.91 Å². The molecule has 1 N–H and O–H groups in total. The number of nitrogens with zero attached hydrogens (tertiary/aromatic N) is 2. The highest BCUT2D eigenvalue weighted by molar-refractivity contribution is 5.75. The van der Waals surface area contributed by atoms with E-state index in [1.165, 1.54) is 0 Å². The second-order valence-electron chi connectivity index (χ2n) is 3.96. The van der Waals surface area contributed by atoms with Gasteiger partial charge in [0.25, 0.3) is 0 Å². The summed E-state index contributed by atoms with van der Waals surface area (Å²) in [6, 6.07) is 2.20. The number of aryl methyl sites for hydroxylation is 2. The molecule has 0 aliphatic carbocycles. The van der Waals surface area contributed by atoms with Crippen molar-refractivity contribution < 1.29 is 4.79 Å². The molecule has 1 atom stereocenters. The van der Waals surface area contributed by atoms with Crippen molar-refractivity contribution in [2.75, 3.05) is 0 Å². The summed E-state index contributed by atoms with van der Waals surface area (Å²) in [6.45, 7) is 8.24. The van der Waals surface area contributed by atoms with E-state index in [9.17, 15) is 4.79 Å². The Morgan fingerprint density at radius 3 is 2.73 bits per heavy atom. The van der Waals surface area contributed by atoms with E-state index in [1.54, 1.807) is 4.68 Å². The Bertz CT molecular complexity index is 344. The third kappa shape index (κ3) is 3.38. The van der Waals surface area contributed by atoms with Gasteiger partial charge in [-0.2, -0.15) is 5.10 Å². The number of hydrogen-bond donors (Lipinski definition) is 1. The van der Waals surface area contributed by atoms with E-state index >= 15 is 0 Å². The minimum atomic E-state index is 0.0237. The Morgan fingerprint density at radius 2 is 2.27 bits per heavy atom. The van der Waals surface area contributed by atoms with Crippen LogP contribution in [0.4, 0.5) is 0 Å². The topological polar surface area (TPSA) is 46.9 Å². The smallest absolute Gasteiger partial charge is 0.241 e. The summed E-state index contributed by atoms with van der Waals surface area (Å²) < 4.78 is 1.73. The number of aromatic nitrogens is 2. The van der Waals surface area contributed by atoms with Crippen molar-refractivity contribution in [3.05, 3.63) is 17.5 Å². The Balaban J connectivity index is 2.55. The first kappa shape index (κ1) is 11.8. The quantitative estimate of drug-likeness (QED) is 0.815. The summed E-state index contributed by atoms with van der Waals surface area (Å²) in [4.78, 5) is 11.6. The van der Waals surface area contributed by atoms with Gasteiger partial charge in [0.15, 0.2) is 0 Å². The molecular formula is C11H19N3O.